The van der Waals surface area contributed by atoms with Crippen molar-refractivity contribution in [1.82, 2.24) is 4.90 Å². The zero-order valence-electron chi connectivity index (χ0n) is 17.0. The Bertz CT molecular complexity index is 1120. The van der Waals surface area contributed by atoms with Gasteiger partial charge in [-0.3, -0.25) is 24.1 Å². The van der Waals surface area contributed by atoms with Crippen molar-refractivity contribution < 1.29 is 34.5 Å². The van der Waals surface area contributed by atoms with Crippen molar-refractivity contribution in [3.63, 3.8) is 0 Å². The third kappa shape index (κ3) is 2.80. The van der Waals surface area contributed by atoms with E-state index in [-0.39, 0.29) is 35.3 Å². The number of aliphatic hydroxyl groups is 2. The van der Waals surface area contributed by atoms with E-state index in [1.807, 2.05) is 0 Å². The van der Waals surface area contributed by atoms with E-state index in [0.717, 1.165) is 0 Å². The van der Waals surface area contributed by atoms with Crippen LogP contribution >= 0.6 is 0 Å². The fraction of sp³-hybridized carbons (Fsp3) is 0.364. The van der Waals surface area contributed by atoms with Crippen LogP contribution in [0.15, 0.2) is 29.0 Å². The first kappa shape index (κ1) is 20.8. The van der Waals surface area contributed by atoms with Crippen LogP contribution in [0.4, 0.5) is 0 Å². The molecule has 0 bridgehead atoms. The Balaban J connectivity index is 1.92. The third-order valence-corrected chi connectivity index (χ3v) is 6.61. The number of ketones is 2. The van der Waals surface area contributed by atoms with E-state index in [0.29, 0.717) is 11.8 Å². The molecule has 5 N–H and O–H groups in total. The number of amides is 1. The molecule has 0 aromatic heterocycles. The number of nitrogens with two attached hydrogens (primary N) is 1. The SMILES string of the molecule is CN(C)C1C(O)=C(C(N)=O)C(=O)C2C(=O)C3=C(O)c4c(O)ccc(C=O)c4CC3CC21. The van der Waals surface area contributed by atoms with Gasteiger partial charge in [0.1, 0.15) is 29.1 Å². The molecule has 4 unspecified atom stereocenters. The number of nitrogens with zero attached hydrogens (tertiary/aromatic N) is 1. The van der Waals surface area contributed by atoms with Crippen LogP contribution in [0.1, 0.15) is 27.9 Å². The number of phenolic OH excluding ortho intramolecular Hbond substituents is 1. The molecular formula is C22H22N2O7. The number of rotatable bonds is 3. The van der Waals surface area contributed by atoms with Crippen molar-refractivity contribution in [1.29, 1.82) is 0 Å². The van der Waals surface area contributed by atoms with Crippen molar-refractivity contribution in [2.45, 2.75) is 18.9 Å². The molecule has 1 aromatic carbocycles. The van der Waals surface area contributed by atoms with Gasteiger partial charge in [0.2, 0.25) is 0 Å². The third-order valence-electron chi connectivity index (χ3n) is 6.61. The van der Waals surface area contributed by atoms with Gasteiger partial charge in [0, 0.05) is 11.1 Å². The number of aliphatic hydroxyl groups excluding tert-OH is 2. The fourth-order valence-electron chi connectivity index (χ4n) is 5.40. The second kappa shape index (κ2) is 7.05. The minimum Gasteiger partial charge on any atom is -0.510 e. The monoisotopic (exact) mass is 426 g/mol. The summed E-state index contributed by atoms with van der Waals surface area (Å²) >= 11 is 0. The summed E-state index contributed by atoms with van der Waals surface area (Å²) < 4.78 is 0. The number of Topliss-reactive ketones (excluding diaryl/α,β-unsaturated/α-hetero) is 2. The van der Waals surface area contributed by atoms with E-state index in [1.54, 1.807) is 19.0 Å². The summed E-state index contributed by atoms with van der Waals surface area (Å²) in [6.07, 6.45) is 1.06. The van der Waals surface area contributed by atoms with Crippen LogP contribution in [-0.4, -0.2) is 64.1 Å². The normalized spacial score (nSPS) is 27.7. The molecule has 31 heavy (non-hydrogen) atoms. The topological polar surface area (TPSA) is 158 Å². The smallest absolute Gasteiger partial charge is 0.255 e. The average molecular weight is 426 g/mol. The predicted octanol–water partition coefficient (Wildman–Crippen LogP) is 0.662. The maximum absolute atomic E-state index is 13.5. The first-order valence-electron chi connectivity index (χ1n) is 9.81. The molecule has 0 saturated heterocycles. The van der Waals surface area contributed by atoms with Gasteiger partial charge >= 0.3 is 0 Å². The lowest BCUT2D eigenvalue weighted by Crippen LogP contribution is -2.55. The summed E-state index contributed by atoms with van der Waals surface area (Å²) in [5.74, 6) is -6.34. The fourth-order valence-corrected chi connectivity index (χ4v) is 5.40. The van der Waals surface area contributed by atoms with Gasteiger partial charge in [0.25, 0.3) is 5.91 Å². The van der Waals surface area contributed by atoms with Crippen LogP contribution in [0.25, 0.3) is 5.76 Å². The van der Waals surface area contributed by atoms with Gasteiger partial charge in [0.05, 0.1) is 17.5 Å². The van der Waals surface area contributed by atoms with Gasteiger partial charge in [-0.05, 0) is 56.5 Å². The number of allylic oxidation sites excluding steroid dienone is 1. The Hall–Kier alpha value is -3.46. The van der Waals surface area contributed by atoms with E-state index < -0.39 is 58.4 Å². The largest absolute Gasteiger partial charge is 0.510 e. The molecule has 9 nitrogen and oxygen atoms in total. The molecule has 4 atom stereocenters. The quantitative estimate of drug-likeness (QED) is 0.312. The number of primary amides is 1. The number of hydrogen-bond donors (Lipinski definition) is 4. The maximum Gasteiger partial charge on any atom is 0.255 e. The van der Waals surface area contributed by atoms with Crippen LogP contribution in [0.5, 0.6) is 5.75 Å². The molecule has 0 spiro atoms. The number of carbonyl (C=O) groups excluding carboxylic acids is 4. The lowest BCUT2D eigenvalue weighted by atomic mass is 9.59. The minimum absolute atomic E-state index is 0.00332. The molecule has 0 aliphatic heterocycles. The van der Waals surface area contributed by atoms with Crippen LogP contribution < -0.4 is 5.73 Å². The van der Waals surface area contributed by atoms with Crippen LogP contribution in [0, 0.1) is 17.8 Å². The van der Waals surface area contributed by atoms with Crippen LogP contribution in [0.2, 0.25) is 0 Å². The molecule has 1 fully saturated rings. The maximum atomic E-state index is 13.5. The van der Waals surface area contributed by atoms with Gasteiger partial charge in [-0.15, -0.1) is 0 Å². The van der Waals surface area contributed by atoms with E-state index in [2.05, 4.69) is 0 Å². The van der Waals surface area contributed by atoms with Crippen molar-refractivity contribution in [2.75, 3.05) is 14.1 Å². The summed E-state index contributed by atoms with van der Waals surface area (Å²) in [6, 6.07) is 1.90. The predicted molar refractivity (Wildman–Crippen MR) is 108 cm³/mol. The van der Waals surface area contributed by atoms with E-state index in [1.165, 1.54) is 12.1 Å². The van der Waals surface area contributed by atoms with Crippen LogP contribution in [-0.2, 0) is 20.8 Å². The molecule has 1 aromatic rings. The molecular weight excluding hydrogens is 404 g/mol. The first-order chi connectivity index (χ1) is 14.6. The molecule has 162 valence electrons. The van der Waals surface area contributed by atoms with Gasteiger partial charge < -0.3 is 21.1 Å². The number of hydrogen-bond acceptors (Lipinski definition) is 8. The minimum atomic E-state index is -1.29. The number of phenols is 1. The number of aldehydes is 1. The van der Waals surface area contributed by atoms with Crippen molar-refractivity contribution in [2.24, 2.45) is 23.5 Å². The highest BCUT2D eigenvalue weighted by atomic mass is 16.3. The Labute approximate surface area is 177 Å². The van der Waals surface area contributed by atoms with Crippen LogP contribution in [0.3, 0.4) is 0 Å². The Kier molecular flexibility index (Phi) is 4.73. The number of fused-ring (bicyclic) bond motifs is 3. The second-order valence-electron chi connectivity index (χ2n) is 8.45. The molecule has 3 aliphatic rings. The molecule has 0 heterocycles. The van der Waals surface area contributed by atoms with E-state index >= 15 is 0 Å². The number of aromatic hydroxyl groups is 1. The zero-order valence-corrected chi connectivity index (χ0v) is 17.0. The highest BCUT2D eigenvalue weighted by Crippen LogP contribution is 2.50. The average Bonchev–Trinajstić information content (AvgIpc) is 2.67. The standard InChI is InChI=1S/C22H22N2O7/c1-24(2)17-11-6-9-5-10-8(7-25)3-4-12(26)14(10)18(27)13(9)19(28)15(11)20(29)16(21(17)30)22(23)31/h3-4,7,9,11,15,17,26-27,30H,5-6H2,1-2H3,(H2,23,31). The van der Waals surface area contributed by atoms with Gasteiger partial charge in [-0.1, -0.05) is 0 Å². The van der Waals surface area contributed by atoms with E-state index in [4.69, 9.17) is 5.73 Å². The highest BCUT2D eigenvalue weighted by molar-refractivity contribution is 6.28. The lowest BCUT2D eigenvalue weighted by Gasteiger charge is -2.46. The Morgan fingerprint density at radius 1 is 1.16 bits per heavy atom. The number of benzene rings is 1. The highest BCUT2D eigenvalue weighted by Gasteiger charge is 2.55. The van der Waals surface area contributed by atoms with E-state index in [9.17, 15) is 34.5 Å². The summed E-state index contributed by atoms with van der Waals surface area (Å²) in [5, 5.41) is 31.8. The summed E-state index contributed by atoms with van der Waals surface area (Å²) in [4.78, 5) is 51.5. The summed E-state index contributed by atoms with van der Waals surface area (Å²) in [6.45, 7) is 0. The molecule has 4 rings (SSSR count). The molecule has 9 heteroatoms. The van der Waals surface area contributed by atoms with Crippen molar-refractivity contribution >= 4 is 29.5 Å². The summed E-state index contributed by atoms with van der Waals surface area (Å²) in [5.41, 5.74) is 5.42. The first-order valence-corrected chi connectivity index (χ1v) is 9.81. The second-order valence-corrected chi connectivity index (χ2v) is 8.45. The molecule has 1 amide bonds. The molecule has 1 saturated carbocycles. The molecule has 0 radical (unpaired) electrons. The lowest BCUT2D eigenvalue weighted by molar-refractivity contribution is -0.136. The zero-order chi connectivity index (χ0) is 22.8. The van der Waals surface area contributed by atoms with Gasteiger partial charge in [-0.25, -0.2) is 0 Å². The summed E-state index contributed by atoms with van der Waals surface area (Å²) in [7, 11) is 3.30. The Morgan fingerprint density at radius 3 is 2.42 bits per heavy atom. The van der Waals surface area contributed by atoms with Crippen molar-refractivity contribution in [3.05, 3.63) is 45.7 Å². The van der Waals surface area contributed by atoms with Gasteiger partial charge in [-0.2, -0.15) is 0 Å². The number of carbonyl (C=O) groups is 4. The van der Waals surface area contributed by atoms with Gasteiger partial charge in [0.15, 0.2) is 11.6 Å². The number of likely N-dealkylation sites (N-methyl/N-ethyl adjacent to an activating group) is 1. The molecule has 3 aliphatic carbocycles. The van der Waals surface area contributed by atoms with Crippen molar-refractivity contribution in [3.8, 4) is 5.75 Å². The Morgan fingerprint density at radius 2 is 1.84 bits per heavy atom.